The average Bonchev–Trinajstić information content (AvgIpc) is 3.50. The third-order valence-electron chi connectivity index (χ3n) is 7.90. The number of halogens is 3. The molecule has 1 aliphatic carbocycles. The van der Waals surface area contributed by atoms with Crippen molar-refractivity contribution in [2.24, 2.45) is 0 Å². The second-order valence-corrected chi connectivity index (χ2v) is 11.2. The molecule has 2 aliphatic rings. The number of rotatable bonds is 11. The van der Waals surface area contributed by atoms with Crippen LogP contribution in [0.25, 0.3) is 11.1 Å². The van der Waals surface area contributed by atoms with E-state index in [1.54, 1.807) is 36.4 Å². The number of alkyl halides is 3. The van der Waals surface area contributed by atoms with Crippen molar-refractivity contribution in [3.63, 3.8) is 0 Å². The van der Waals surface area contributed by atoms with Crippen LogP contribution in [0.4, 0.5) is 13.2 Å². The molecule has 3 amide bonds. The van der Waals surface area contributed by atoms with Crippen LogP contribution in [0.5, 0.6) is 0 Å². The number of amides is 3. The summed E-state index contributed by atoms with van der Waals surface area (Å²) < 4.78 is 51.2. The second kappa shape index (κ2) is 13.1. The predicted molar refractivity (Wildman–Crippen MR) is 159 cm³/mol. The van der Waals surface area contributed by atoms with Crippen molar-refractivity contribution in [1.82, 2.24) is 20.9 Å². The first-order valence-corrected chi connectivity index (χ1v) is 14.5. The summed E-state index contributed by atoms with van der Waals surface area (Å²) in [6.45, 7) is 0.672. The molecular weight excluding hydrogens is 589 g/mol. The monoisotopic (exact) mass is 622 g/mol. The van der Waals surface area contributed by atoms with Gasteiger partial charge in [-0.3, -0.25) is 14.4 Å². The minimum atomic E-state index is -3.20. The Morgan fingerprint density at radius 3 is 2.36 bits per heavy atom. The van der Waals surface area contributed by atoms with Gasteiger partial charge in [-0.2, -0.15) is 8.78 Å². The lowest BCUT2D eigenvalue weighted by molar-refractivity contribution is -0.154. The van der Waals surface area contributed by atoms with Crippen molar-refractivity contribution < 1.29 is 37.1 Å². The van der Waals surface area contributed by atoms with Crippen LogP contribution >= 0.6 is 0 Å². The molecule has 0 unspecified atom stereocenters. The largest absolute Gasteiger partial charge is 0.459 e. The lowest BCUT2D eigenvalue weighted by Crippen LogP contribution is -2.47. The standard InChI is InChI=1S/C33H33F3N4O5/c1-21(41)38-14-13-37-19-32(34)16-28(31(44)45-18-22-7-3-2-4-8-22)40(20-32)29(42)17-39-30(43)23-11-12-27-25(15-23)24-9-5-6-10-26(24)33(27,35)36/h2-12,15,28,37H,13-14,16-20H2,1H3,(H,38,41)(H,39,43)/t28-,32-/m0/s1. The third-order valence-corrected chi connectivity index (χ3v) is 7.90. The van der Waals surface area contributed by atoms with Crippen LogP contribution < -0.4 is 16.0 Å². The van der Waals surface area contributed by atoms with Crippen LogP contribution in [0.2, 0.25) is 0 Å². The zero-order valence-electron chi connectivity index (χ0n) is 24.6. The molecule has 0 saturated carbocycles. The maximum atomic E-state index is 16.0. The van der Waals surface area contributed by atoms with Gasteiger partial charge >= 0.3 is 5.97 Å². The SMILES string of the molecule is CC(=O)NCCNC[C@@]1(F)C[C@@H](C(=O)OCc2ccccc2)N(C(=O)CNC(=O)c2ccc3c(c2)-c2ccccc2C3(F)F)C1. The summed E-state index contributed by atoms with van der Waals surface area (Å²) in [4.78, 5) is 51.6. The molecular formula is C33H33F3N4O5. The Bertz CT molecular complexity index is 1600. The van der Waals surface area contributed by atoms with Gasteiger partial charge in [-0.05, 0) is 28.8 Å². The number of carbonyl (C=O) groups excluding carboxylic acids is 4. The third kappa shape index (κ3) is 7.01. The van der Waals surface area contributed by atoms with E-state index in [1.165, 1.54) is 37.3 Å². The number of likely N-dealkylation sites (tertiary alicyclic amines) is 1. The summed E-state index contributed by atoms with van der Waals surface area (Å²) in [6, 6.07) is 17.5. The van der Waals surface area contributed by atoms with Gasteiger partial charge in [0.25, 0.3) is 11.8 Å². The lowest BCUT2D eigenvalue weighted by Gasteiger charge is -2.24. The van der Waals surface area contributed by atoms with E-state index in [9.17, 15) is 28.0 Å². The van der Waals surface area contributed by atoms with E-state index in [1.807, 2.05) is 6.07 Å². The van der Waals surface area contributed by atoms with Gasteiger partial charge in [0.15, 0.2) is 0 Å². The van der Waals surface area contributed by atoms with Crippen LogP contribution in [0.15, 0.2) is 72.8 Å². The van der Waals surface area contributed by atoms with Crippen molar-refractivity contribution in [2.75, 3.05) is 32.7 Å². The molecule has 236 valence electrons. The minimum absolute atomic E-state index is 0.0658. The molecule has 3 aromatic carbocycles. The van der Waals surface area contributed by atoms with Gasteiger partial charge in [-0.1, -0.05) is 60.7 Å². The highest BCUT2D eigenvalue weighted by Crippen LogP contribution is 2.50. The number of ether oxygens (including phenoxy) is 1. The van der Waals surface area contributed by atoms with Crippen molar-refractivity contribution in [3.8, 4) is 11.1 Å². The molecule has 0 aromatic heterocycles. The average molecular weight is 623 g/mol. The van der Waals surface area contributed by atoms with Gasteiger partial charge in [0.2, 0.25) is 11.8 Å². The van der Waals surface area contributed by atoms with Gasteiger partial charge in [-0.25, -0.2) is 9.18 Å². The summed E-state index contributed by atoms with van der Waals surface area (Å²) in [5, 5.41) is 7.97. The fraction of sp³-hybridized carbons (Fsp3) is 0.333. The van der Waals surface area contributed by atoms with Crippen molar-refractivity contribution in [1.29, 1.82) is 0 Å². The molecule has 0 radical (unpaired) electrons. The molecule has 1 heterocycles. The van der Waals surface area contributed by atoms with E-state index in [-0.39, 0.29) is 60.8 Å². The van der Waals surface area contributed by atoms with Crippen LogP contribution in [-0.2, 0) is 31.6 Å². The van der Waals surface area contributed by atoms with E-state index in [4.69, 9.17) is 4.74 Å². The number of fused-ring (bicyclic) bond motifs is 3. The van der Waals surface area contributed by atoms with Crippen LogP contribution in [-0.4, -0.2) is 73.0 Å². The van der Waals surface area contributed by atoms with E-state index in [0.717, 1.165) is 10.5 Å². The molecule has 0 spiro atoms. The second-order valence-electron chi connectivity index (χ2n) is 11.2. The molecule has 2 atom stereocenters. The molecule has 5 rings (SSSR count). The Balaban J connectivity index is 1.25. The molecule has 3 aromatic rings. The van der Waals surface area contributed by atoms with Crippen molar-refractivity contribution in [3.05, 3.63) is 95.1 Å². The maximum Gasteiger partial charge on any atom is 0.329 e. The van der Waals surface area contributed by atoms with Crippen LogP contribution in [0, 0.1) is 0 Å². The number of hydrogen-bond acceptors (Lipinski definition) is 6. The van der Waals surface area contributed by atoms with Crippen molar-refractivity contribution in [2.45, 2.75) is 37.6 Å². The van der Waals surface area contributed by atoms with Gasteiger partial charge in [0.05, 0.1) is 13.1 Å². The fourth-order valence-corrected chi connectivity index (χ4v) is 5.68. The molecule has 9 nitrogen and oxygen atoms in total. The van der Waals surface area contributed by atoms with Gasteiger partial charge in [0.1, 0.15) is 18.3 Å². The maximum absolute atomic E-state index is 16.0. The molecule has 12 heteroatoms. The molecule has 1 saturated heterocycles. The Morgan fingerprint density at radius 1 is 0.889 bits per heavy atom. The highest BCUT2D eigenvalue weighted by molar-refractivity contribution is 5.99. The smallest absolute Gasteiger partial charge is 0.329 e. The Kier molecular flexibility index (Phi) is 9.24. The number of nitrogens with zero attached hydrogens (tertiary/aromatic N) is 1. The summed E-state index contributed by atoms with van der Waals surface area (Å²) in [7, 11) is 0. The van der Waals surface area contributed by atoms with E-state index in [2.05, 4.69) is 16.0 Å². The summed E-state index contributed by atoms with van der Waals surface area (Å²) in [5.41, 5.74) is -1.01. The fourth-order valence-electron chi connectivity index (χ4n) is 5.68. The van der Waals surface area contributed by atoms with Crippen LogP contribution in [0.3, 0.4) is 0 Å². The summed E-state index contributed by atoms with van der Waals surface area (Å²) in [5.74, 6) is -5.60. The summed E-state index contributed by atoms with van der Waals surface area (Å²) >= 11 is 0. The van der Waals surface area contributed by atoms with E-state index >= 15 is 4.39 Å². The minimum Gasteiger partial charge on any atom is -0.459 e. The van der Waals surface area contributed by atoms with Gasteiger partial charge in [0, 0.05) is 49.7 Å². The van der Waals surface area contributed by atoms with Crippen LogP contribution in [0.1, 0.15) is 40.4 Å². The molecule has 45 heavy (non-hydrogen) atoms. The lowest BCUT2D eigenvalue weighted by atomic mass is 10.0. The normalized spacial score (nSPS) is 19.4. The molecule has 0 bridgehead atoms. The first kappa shape index (κ1) is 31.7. The van der Waals surface area contributed by atoms with Crippen molar-refractivity contribution >= 4 is 23.7 Å². The summed E-state index contributed by atoms with van der Waals surface area (Å²) in [6.07, 6.45) is -0.327. The zero-order valence-corrected chi connectivity index (χ0v) is 24.6. The predicted octanol–water partition coefficient (Wildman–Crippen LogP) is 3.32. The van der Waals surface area contributed by atoms with E-state index < -0.39 is 48.5 Å². The number of esters is 1. The topological polar surface area (TPSA) is 117 Å². The highest BCUT2D eigenvalue weighted by Gasteiger charge is 2.50. The molecule has 3 N–H and O–H groups in total. The first-order chi connectivity index (χ1) is 21.5. The van der Waals surface area contributed by atoms with Gasteiger partial charge < -0.3 is 25.6 Å². The first-order valence-electron chi connectivity index (χ1n) is 14.5. The Hall–Kier alpha value is -4.71. The zero-order chi connectivity index (χ0) is 32.2. The molecule has 1 fully saturated rings. The highest BCUT2D eigenvalue weighted by atomic mass is 19.3. The Morgan fingerprint density at radius 2 is 1.60 bits per heavy atom. The number of carbonyl (C=O) groups is 4. The van der Waals surface area contributed by atoms with E-state index in [0.29, 0.717) is 5.56 Å². The van der Waals surface area contributed by atoms with Gasteiger partial charge in [-0.15, -0.1) is 0 Å². The number of hydrogen-bond donors (Lipinski definition) is 3. The Labute approximate surface area is 258 Å². The molecule has 1 aliphatic heterocycles. The quantitative estimate of drug-likeness (QED) is 0.223. The number of nitrogens with one attached hydrogen (secondary N) is 3. The number of benzene rings is 3.